The Morgan fingerprint density at radius 1 is 1.47 bits per heavy atom. The predicted molar refractivity (Wildman–Crippen MR) is 66.0 cm³/mol. The maximum Gasteiger partial charge on any atom is 0.354 e. The third-order valence-corrected chi connectivity index (χ3v) is 2.32. The predicted octanol–water partition coefficient (Wildman–Crippen LogP) is 1.98. The number of carbonyl (C=O) groups is 1. The quantitative estimate of drug-likeness (QED) is 0.785. The van der Waals surface area contributed by atoms with E-state index < -0.39 is 5.97 Å². The molecule has 0 spiro atoms. The zero-order valence-electron chi connectivity index (χ0n) is 8.97. The summed E-state index contributed by atoms with van der Waals surface area (Å²) < 4.78 is 0. The Bertz CT molecular complexity index is 614. The smallest absolute Gasteiger partial charge is 0.354 e. The van der Waals surface area contributed by atoms with Crippen LogP contribution in [0.1, 0.15) is 10.5 Å². The zero-order valence-corrected chi connectivity index (χ0v) is 8.97. The van der Waals surface area contributed by atoms with E-state index in [1.54, 1.807) is 6.07 Å². The van der Waals surface area contributed by atoms with Gasteiger partial charge in [-0.3, -0.25) is 0 Å². The van der Waals surface area contributed by atoms with Crippen LogP contribution in [0.5, 0.6) is 0 Å². The SMILES string of the molecule is C#CCNc1nc(C(=O)O)cc2ccccc12. The number of nitrogens with zero attached hydrogens (tertiary/aromatic N) is 1. The second-order valence-electron chi connectivity index (χ2n) is 3.44. The molecule has 0 unspecified atom stereocenters. The summed E-state index contributed by atoms with van der Waals surface area (Å²) in [5, 5.41) is 13.6. The molecule has 0 aliphatic carbocycles. The third kappa shape index (κ3) is 2.18. The molecule has 0 aliphatic rings. The number of hydrogen-bond donors (Lipinski definition) is 2. The van der Waals surface area contributed by atoms with Gasteiger partial charge in [-0.1, -0.05) is 30.2 Å². The molecule has 2 aromatic rings. The number of pyridine rings is 1. The highest BCUT2D eigenvalue weighted by atomic mass is 16.4. The van der Waals surface area contributed by atoms with Crippen LogP contribution in [0.25, 0.3) is 10.8 Å². The fourth-order valence-electron chi connectivity index (χ4n) is 1.58. The zero-order chi connectivity index (χ0) is 12.3. The molecule has 4 nitrogen and oxygen atoms in total. The van der Waals surface area contributed by atoms with Crippen LogP contribution < -0.4 is 5.32 Å². The van der Waals surface area contributed by atoms with Crippen molar-refractivity contribution in [3.8, 4) is 12.3 Å². The number of nitrogens with one attached hydrogen (secondary N) is 1. The Labute approximate surface area is 98.3 Å². The minimum absolute atomic E-state index is 0.00298. The van der Waals surface area contributed by atoms with Crippen molar-refractivity contribution in [1.82, 2.24) is 4.98 Å². The molecule has 2 rings (SSSR count). The molecular weight excluding hydrogens is 216 g/mol. The number of benzene rings is 1. The summed E-state index contributed by atoms with van der Waals surface area (Å²) in [7, 11) is 0. The second kappa shape index (κ2) is 4.54. The summed E-state index contributed by atoms with van der Waals surface area (Å²) in [5.74, 6) is 1.87. The van der Waals surface area contributed by atoms with Gasteiger partial charge in [-0.15, -0.1) is 6.42 Å². The normalized spacial score (nSPS) is 9.82. The number of aromatic carboxylic acids is 1. The highest BCUT2D eigenvalue weighted by Crippen LogP contribution is 2.22. The van der Waals surface area contributed by atoms with Crippen LogP contribution in [-0.4, -0.2) is 22.6 Å². The lowest BCUT2D eigenvalue weighted by molar-refractivity contribution is 0.0691. The number of aromatic nitrogens is 1. The minimum Gasteiger partial charge on any atom is -0.477 e. The Kier molecular flexibility index (Phi) is 2.93. The number of anilines is 1. The van der Waals surface area contributed by atoms with Gasteiger partial charge in [0.25, 0.3) is 0 Å². The topological polar surface area (TPSA) is 62.2 Å². The highest BCUT2D eigenvalue weighted by molar-refractivity contribution is 5.97. The van der Waals surface area contributed by atoms with E-state index in [0.29, 0.717) is 12.4 Å². The minimum atomic E-state index is -1.06. The third-order valence-electron chi connectivity index (χ3n) is 2.32. The molecule has 17 heavy (non-hydrogen) atoms. The number of carboxylic acids is 1. The number of carboxylic acid groups (broad SMARTS) is 1. The van der Waals surface area contributed by atoms with E-state index in [1.807, 2.05) is 24.3 Å². The van der Waals surface area contributed by atoms with E-state index in [1.165, 1.54) is 0 Å². The second-order valence-corrected chi connectivity index (χ2v) is 3.44. The molecule has 4 heteroatoms. The number of rotatable bonds is 3. The molecule has 0 saturated heterocycles. The van der Waals surface area contributed by atoms with Crippen molar-refractivity contribution in [2.45, 2.75) is 0 Å². The summed E-state index contributed by atoms with van der Waals surface area (Å²) in [6.45, 7) is 0.306. The first-order chi connectivity index (χ1) is 8.22. The van der Waals surface area contributed by atoms with E-state index >= 15 is 0 Å². The molecule has 1 aromatic heterocycles. The summed E-state index contributed by atoms with van der Waals surface area (Å²) in [6.07, 6.45) is 5.16. The Morgan fingerprint density at radius 3 is 2.94 bits per heavy atom. The molecule has 0 aliphatic heterocycles. The molecule has 2 N–H and O–H groups in total. The van der Waals surface area contributed by atoms with Gasteiger partial charge < -0.3 is 10.4 Å². The van der Waals surface area contributed by atoms with Crippen molar-refractivity contribution in [2.24, 2.45) is 0 Å². The van der Waals surface area contributed by atoms with Crippen molar-refractivity contribution >= 4 is 22.6 Å². The van der Waals surface area contributed by atoms with Gasteiger partial charge >= 0.3 is 5.97 Å². The highest BCUT2D eigenvalue weighted by Gasteiger charge is 2.09. The fraction of sp³-hybridized carbons (Fsp3) is 0.0769. The maximum atomic E-state index is 10.9. The molecule has 0 amide bonds. The number of terminal acetylenes is 1. The largest absolute Gasteiger partial charge is 0.477 e. The van der Waals surface area contributed by atoms with Crippen molar-refractivity contribution in [3.05, 3.63) is 36.0 Å². The van der Waals surface area contributed by atoms with Gasteiger partial charge in [-0.25, -0.2) is 9.78 Å². The average molecular weight is 226 g/mol. The lowest BCUT2D eigenvalue weighted by atomic mass is 10.1. The summed E-state index contributed by atoms with van der Waals surface area (Å²) in [5.41, 5.74) is 0.00298. The molecule has 0 radical (unpaired) electrons. The molecule has 0 fully saturated rings. The monoisotopic (exact) mass is 226 g/mol. The molecule has 0 atom stereocenters. The van der Waals surface area contributed by atoms with E-state index in [4.69, 9.17) is 11.5 Å². The first-order valence-electron chi connectivity index (χ1n) is 5.03. The number of fused-ring (bicyclic) bond motifs is 1. The first-order valence-corrected chi connectivity index (χ1v) is 5.03. The van der Waals surface area contributed by atoms with Gasteiger partial charge in [0.2, 0.25) is 0 Å². The summed E-state index contributed by atoms with van der Waals surface area (Å²) >= 11 is 0. The molecule has 0 bridgehead atoms. The van der Waals surface area contributed by atoms with E-state index in [2.05, 4.69) is 16.2 Å². The van der Waals surface area contributed by atoms with Gasteiger partial charge in [0.1, 0.15) is 5.82 Å². The molecule has 1 heterocycles. The van der Waals surface area contributed by atoms with E-state index in [9.17, 15) is 4.79 Å². The summed E-state index contributed by atoms with van der Waals surface area (Å²) in [6, 6.07) is 8.96. The van der Waals surface area contributed by atoms with Gasteiger partial charge in [-0.2, -0.15) is 0 Å². The lowest BCUT2D eigenvalue weighted by Crippen LogP contribution is -2.06. The van der Waals surface area contributed by atoms with Crippen LogP contribution >= 0.6 is 0 Å². The van der Waals surface area contributed by atoms with Crippen LogP contribution in [0.15, 0.2) is 30.3 Å². The summed E-state index contributed by atoms with van der Waals surface area (Å²) in [4.78, 5) is 15.0. The van der Waals surface area contributed by atoms with Crippen LogP contribution in [0.3, 0.4) is 0 Å². The molecule has 0 saturated carbocycles. The van der Waals surface area contributed by atoms with Crippen LogP contribution in [0.4, 0.5) is 5.82 Å². The van der Waals surface area contributed by atoms with Gasteiger partial charge in [0, 0.05) is 5.39 Å². The Balaban J connectivity index is 2.61. The Hall–Kier alpha value is -2.54. The van der Waals surface area contributed by atoms with Gasteiger partial charge in [0.05, 0.1) is 6.54 Å². The van der Waals surface area contributed by atoms with Crippen molar-refractivity contribution in [2.75, 3.05) is 11.9 Å². The van der Waals surface area contributed by atoms with Crippen LogP contribution in [0, 0.1) is 12.3 Å². The van der Waals surface area contributed by atoms with Crippen molar-refractivity contribution < 1.29 is 9.90 Å². The molecular formula is C13H10N2O2. The number of hydrogen-bond acceptors (Lipinski definition) is 3. The molecule has 1 aromatic carbocycles. The van der Waals surface area contributed by atoms with Crippen LogP contribution in [-0.2, 0) is 0 Å². The van der Waals surface area contributed by atoms with Crippen molar-refractivity contribution in [1.29, 1.82) is 0 Å². The van der Waals surface area contributed by atoms with Gasteiger partial charge in [-0.05, 0) is 11.5 Å². The fourth-order valence-corrected chi connectivity index (χ4v) is 1.58. The Morgan fingerprint density at radius 2 is 2.24 bits per heavy atom. The lowest BCUT2D eigenvalue weighted by Gasteiger charge is -2.07. The van der Waals surface area contributed by atoms with Gasteiger partial charge in [0.15, 0.2) is 5.69 Å². The first kappa shape index (κ1) is 11.0. The van der Waals surface area contributed by atoms with E-state index in [0.717, 1.165) is 10.8 Å². The van der Waals surface area contributed by atoms with E-state index in [-0.39, 0.29) is 5.69 Å². The van der Waals surface area contributed by atoms with Crippen molar-refractivity contribution in [3.63, 3.8) is 0 Å². The molecule has 84 valence electrons. The maximum absolute atomic E-state index is 10.9. The average Bonchev–Trinajstić information content (AvgIpc) is 2.35. The van der Waals surface area contributed by atoms with Crippen LogP contribution in [0.2, 0.25) is 0 Å². The standard InChI is InChI=1S/C13H10N2O2/c1-2-7-14-12-10-6-4-3-5-9(10)8-11(15-12)13(16)17/h1,3-6,8H,7H2,(H,14,15)(H,16,17).